The first-order valence-electron chi connectivity index (χ1n) is 6.87. The average molecular weight is 267 g/mol. The minimum Gasteiger partial charge on any atom is -0.490 e. The van der Waals surface area contributed by atoms with Crippen LogP contribution < -0.4 is 10.1 Å². The molecule has 0 aliphatic heterocycles. The van der Waals surface area contributed by atoms with Crippen LogP contribution in [0, 0.1) is 12.7 Å². The maximum atomic E-state index is 13.0. The van der Waals surface area contributed by atoms with Crippen LogP contribution >= 0.6 is 0 Å². The summed E-state index contributed by atoms with van der Waals surface area (Å²) >= 11 is 0. The van der Waals surface area contributed by atoms with Crippen LogP contribution in [0.5, 0.6) is 5.75 Å². The van der Waals surface area contributed by atoms with Crippen molar-refractivity contribution in [2.45, 2.75) is 44.8 Å². The minimum absolute atomic E-state index is 0.0790. The number of rotatable bonds is 5. The molecule has 1 aliphatic carbocycles. The van der Waals surface area contributed by atoms with Crippen molar-refractivity contribution in [3.8, 4) is 5.75 Å². The van der Waals surface area contributed by atoms with Gasteiger partial charge in [0.05, 0.1) is 6.61 Å². The number of hydrogen-bond acceptors (Lipinski definition) is 3. The van der Waals surface area contributed by atoms with Gasteiger partial charge in [0.1, 0.15) is 17.7 Å². The second-order valence-electron chi connectivity index (χ2n) is 5.36. The van der Waals surface area contributed by atoms with E-state index < -0.39 is 0 Å². The second-order valence-corrected chi connectivity index (χ2v) is 5.36. The van der Waals surface area contributed by atoms with E-state index >= 15 is 0 Å². The van der Waals surface area contributed by atoms with Crippen LogP contribution in [0.2, 0.25) is 0 Å². The maximum absolute atomic E-state index is 13.0. The van der Waals surface area contributed by atoms with Gasteiger partial charge in [0.15, 0.2) is 0 Å². The molecule has 0 radical (unpaired) electrons. The van der Waals surface area contributed by atoms with E-state index in [1.807, 2.05) is 13.8 Å². The Balaban J connectivity index is 2.01. The van der Waals surface area contributed by atoms with Crippen LogP contribution in [0.25, 0.3) is 0 Å². The predicted molar refractivity (Wildman–Crippen MR) is 72.9 cm³/mol. The standard InChI is InChI=1S/C15H22FNO2/c1-3-17-15(10-18)7-6-13(9-15)19-14-5-4-12(16)8-11(14)2/h4-5,8,13,17-18H,3,6-7,9-10H2,1-2H3. The lowest BCUT2D eigenvalue weighted by molar-refractivity contribution is 0.141. The first-order chi connectivity index (χ1) is 9.08. The number of aliphatic hydroxyl groups excluding tert-OH is 1. The highest BCUT2D eigenvalue weighted by Crippen LogP contribution is 2.33. The summed E-state index contributed by atoms with van der Waals surface area (Å²) in [5.41, 5.74) is 0.595. The molecule has 0 spiro atoms. The fourth-order valence-corrected chi connectivity index (χ4v) is 2.84. The number of hydrogen-bond donors (Lipinski definition) is 2. The Bertz CT molecular complexity index is 438. The van der Waals surface area contributed by atoms with Crippen molar-refractivity contribution in [2.24, 2.45) is 0 Å². The van der Waals surface area contributed by atoms with E-state index in [-0.39, 0.29) is 24.1 Å². The Hall–Kier alpha value is -1.13. The Morgan fingerprint density at radius 2 is 2.32 bits per heavy atom. The molecular formula is C15H22FNO2. The molecule has 0 aromatic heterocycles. The van der Waals surface area contributed by atoms with Gasteiger partial charge in [-0.1, -0.05) is 6.92 Å². The molecule has 4 heteroatoms. The van der Waals surface area contributed by atoms with Gasteiger partial charge in [0.25, 0.3) is 0 Å². The fraction of sp³-hybridized carbons (Fsp3) is 0.600. The van der Waals surface area contributed by atoms with Crippen molar-refractivity contribution in [3.63, 3.8) is 0 Å². The molecular weight excluding hydrogens is 245 g/mol. The number of likely N-dealkylation sites (N-methyl/N-ethyl adjacent to an activating group) is 1. The van der Waals surface area contributed by atoms with E-state index in [4.69, 9.17) is 4.74 Å². The molecule has 0 saturated heterocycles. The van der Waals surface area contributed by atoms with Gasteiger partial charge in [-0.05, 0) is 50.1 Å². The maximum Gasteiger partial charge on any atom is 0.123 e. The van der Waals surface area contributed by atoms with E-state index in [0.29, 0.717) is 0 Å². The van der Waals surface area contributed by atoms with Gasteiger partial charge in [0.2, 0.25) is 0 Å². The van der Waals surface area contributed by atoms with Crippen molar-refractivity contribution in [2.75, 3.05) is 13.2 Å². The third kappa shape index (κ3) is 3.25. The molecule has 2 atom stereocenters. The van der Waals surface area contributed by atoms with E-state index in [0.717, 1.165) is 37.1 Å². The molecule has 2 N–H and O–H groups in total. The smallest absolute Gasteiger partial charge is 0.123 e. The van der Waals surface area contributed by atoms with Gasteiger partial charge < -0.3 is 15.2 Å². The van der Waals surface area contributed by atoms with Crippen LogP contribution in [0.15, 0.2) is 18.2 Å². The Kier molecular flexibility index (Phi) is 4.42. The average Bonchev–Trinajstić information content (AvgIpc) is 2.77. The Morgan fingerprint density at radius 3 is 2.95 bits per heavy atom. The Morgan fingerprint density at radius 1 is 1.53 bits per heavy atom. The molecule has 1 aliphatic rings. The van der Waals surface area contributed by atoms with Gasteiger partial charge in [-0.25, -0.2) is 4.39 Å². The first kappa shape index (κ1) is 14.3. The highest BCUT2D eigenvalue weighted by molar-refractivity contribution is 5.32. The van der Waals surface area contributed by atoms with Gasteiger partial charge >= 0.3 is 0 Å². The molecule has 2 rings (SSSR count). The first-order valence-corrected chi connectivity index (χ1v) is 6.87. The van der Waals surface area contributed by atoms with Crippen LogP contribution in [0.3, 0.4) is 0 Å². The molecule has 0 amide bonds. The molecule has 0 bridgehead atoms. The van der Waals surface area contributed by atoms with E-state index in [1.165, 1.54) is 12.1 Å². The van der Waals surface area contributed by atoms with E-state index in [9.17, 15) is 9.50 Å². The largest absolute Gasteiger partial charge is 0.490 e. The number of nitrogens with one attached hydrogen (secondary N) is 1. The molecule has 1 aromatic rings. The van der Waals surface area contributed by atoms with Crippen LogP contribution in [-0.4, -0.2) is 29.9 Å². The highest BCUT2D eigenvalue weighted by Gasteiger charge is 2.39. The van der Waals surface area contributed by atoms with E-state index in [1.54, 1.807) is 6.07 Å². The molecule has 2 unspecified atom stereocenters. The summed E-state index contributed by atoms with van der Waals surface area (Å²) in [6.45, 7) is 4.85. The van der Waals surface area contributed by atoms with Gasteiger partial charge in [-0.3, -0.25) is 0 Å². The zero-order valence-corrected chi connectivity index (χ0v) is 11.6. The monoisotopic (exact) mass is 267 g/mol. The van der Waals surface area contributed by atoms with Crippen molar-refractivity contribution in [3.05, 3.63) is 29.6 Å². The molecule has 1 fully saturated rings. The molecule has 19 heavy (non-hydrogen) atoms. The lowest BCUT2D eigenvalue weighted by Crippen LogP contribution is -2.46. The molecule has 106 valence electrons. The fourth-order valence-electron chi connectivity index (χ4n) is 2.84. The molecule has 1 aromatic carbocycles. The quantitative estimate of drug-likeness (QED) is 0.861. The van der Waals surface area contributed by atoms with Crippen LogP contribution in [0.4, 0.5) is 4.39 Å². The normalized spacial score (nSPS) is 26.6. The van der Waals surface area contributed by atoms with Crippen molar-refractivity contribution >= 4 is 0 Å². The SMILES string of the molecule is CCNC1(CO)CCC(Oc2ccc(F)cc2C)C1. The summed E-state index contributed by atoms with van der Waals surface area (Å²) in [5, 5.41) is 12.9. The zero-order valence-electron chi connectivity index (χ0n) is 11.6. The number of halogens is 1. The summed E-state index contributed by atoms with van der Waals surface area (Å²) in [6, 6.07) is 4.58. The van der Waals surface area contributed by atoms with Crippen molar-refractivity contribution in [1.82, 2.24) is 5.32 Å². The second kappa shape index (κ2) is 5.88. The molecule has 0 heterocycles. The topological polar surface area (TPSA) is 41.5 Å². The highest BCUT2D eigenvalue weighted by atomic mass is 19.1. The summed E-state index contributed by atoms with van der Waals surface area (Å²) in [7, 11) is 0. The summed E-state index contributed by atoms with van der Waals surface area (Å²) in [5.74, 6) is 0.491. The number of aryl methyl sites for hydroxylation is 1. The zero-order chi connectivity index (χ0) is 13.9. The van der Waals surface area contributed by atoms with Crippen LogP contribution in [0.1, 0.15) is 31.7 Å². The van der Waals surface area contributed by atoms with Gasteiger partial charge in [-0.15, -0.1) is 0 Å². The number of benzene rings is 1. The molecule has 3 nitrogen and oxygen atoms in total. The predicted octanol–water partition coefficient (Wildman–Crippen LogP) is 2.41. The van der Waals surface area contributed by atoms with Crippen molar-refractivity contribution < 1.29 is 14.2 Å². The summed E-state index contributed by atoms with van der Waals surface area (Å²) < 4.78 is 19.0. The third-order valence-electron chi connectivity index (χ3n) is 3.85. The lowest BCUT2D eigenvalue weighted by Gasteiger charge is -2.28. The van der Waals surface area contributed by atoms with Crippen LogP contribution in [-0.2, 0) is 0 Å². The minimum atomic E-state index is -0.242. The summed E-state index contributed by atoms with van der Waals surface area (Å²) in [4.78, 5) is 0. The molecule has 1 saturated carbocycles. The number of ether oxygens (including phenoxy) is 1. The van der Waals surface area contributed by atoms with Gasteiger partial charge in [0, 0.05) is 12.0 Å². The third-order valence-corrected chi connectivity index (χ3v) is 3.85. The lowest BCUT2D eigenvalue weighted by atomic mass is 9.99. The van der Waals surface area contributed by atoms with E-state index in [2.05, 4.69) is 5.32 Å². The number of aliphatic hydroxyl groups is 1. The van der Waals surface area contributed by atoms with Crippen molar-refractivity contribution in [1.29, 1.82) is 0 Å². The Labute approximate surface area is 113 Å². The summed E-state index contributed by atoms with van der Waals surface area (Å²) in [6.07, 6.45) is 2.68. The van der Waals surface area contributed by atoms with Gasteiger partial charge in [-0.2, -0.15) is 0 Å².